The fraction of sp³-hybridized carbons (Fsp3) is 0.846. The first-order valence-electron chi connectivity index (χ1n) is 6.79. The number of fused-ring (bicyclic) bond motifs is 1. The van der Waals surface area contributed by atoms with Crippen LogP contribution in [0.4, 0.5) is 0 Å². The first-order valence-corrected chi connectivity index (χ1v) is 6.79. The summed E-state index contributed by atoms with van der Waals surface area (Å²) in [7, 11) is 0. The molecular weight excluding hydrogens is 216 g/mol. The summed E-state index contributed by atoms with van der Waals surface area (Å²) in [5, 5.41) is 0. The average molecular weight is 238 g/mol. The largest absolute Gasteiger partial charge is 0.337 e. The summed E-state index contributed by atoms with van der Waals surface area (Å²) < 4.78 is 0. The van der Waals surface area contributed by atoms with E-state index < -0.39 is 0 Å². The molecule has 0 N–H and O–H groups in total. The number of nitrogens with zero attached hydrogens (tertiary/aromatic N) is 2. The van der Waals surface area contributed by atoms with E-state index in [4.69, 9.17) is 0 Å². The number of rotatable bonds is 3. The van der Waals surface area contributed by atoms with Gasteiger partial charge in [0.25, 0.3) is 0 Å². The van der Waals surface area contributed by atoms with Crippen LogP contribution in [0.25, 0.3) is 0 Å². The minimum Gasteiger partial charge on any atom is -0.337 e. The number of carbonyl (C=O) groups is 2. The van der Waals surface area contributed by atoms with Crippen LogP contribution in [0.5, 0.6) is 0 Å². The Balaban J connectivity index is 2.19. The summed E-state index contributed by atoms with van der Waals surface area (Å²) in [6.07, 6.45) is 4.27. The van der Waals surface area contributed by atoms with Crippen molar-refractivity contribution in [1.29, 1.82) is 0 Å². The molecule has 0 aromatic rings. The van der Waals surface area contributed by atoms with Crippen LogP contribution in [0.2, 0.25) is 0 Å². The molecule has 2 fully saturated rings. The van der Waals surface area contributed by atoms with Gasteiger partial charge in [0.15, 0.2) is 0 Å². The molecule has 0 saturated carbocycles. The van der Waals surface area contributed by atoms with E-state index in [2.05, 4.69) is 13.8 Å². The first-order chi connectivity index (χ1) is 8.19. The maximum atomic E-state index is 12.5. The van der Waals surface area contributed by atoms with Gasteiger partial charge < -0.3 is 9.80 Å². The molecule has 2 amide bonds. The van der Waals surface area contributed by atoms with Crippen molar-refractivity contribution in [2.24, 2.45) is 0 Å². The number of hydrogen-bond acceptors (Lipinski definition) is 2. The average Bonchev–Trinajstić information content (AvgIpc) is 2.78. The fourth-order valence-electron chi connectivity index (χ4n) is 3.08. The maximum Gasteiger partial charge on any atom is 0.245 e. The molecule has 2 heterocycles. The molecular formula is C13H22N2O2. The highest BCUT2D eigenvalue weighted by Gasteiger charge is 2.40. The van der Waals surface area contributed by atoms with Crippen molar-refractivity contribution in [3.63, 3.8) is 0 Å². The van der Waals surface area contributed by atoms with E-state index in [1.807, 2.05) is 4.90 Å². The number of amides is 2. The number of carbonyl (C=O) groups excluding carboxylic acids is 2. The van der Waals surface area contributed by atoms with Crippen molar-refractivity contribution in [3.05, 3.63) is 0 Å². The van der Waals surface area contributed by atoms with Crippen LogP contribution in [-0.4, -0.2) is 46.8 Å². The minimum absolute atomic E-state index is 0.161. The Morgan fingerprint density at radius 3 is 2.59 bits per heavy atom. The topological polar surface area (TPSA) is 40.6 Å². The van der Waals surface area contributed by atoms with Crippen molar-refractivity contribution >= 4 is 11.8 Å². The smallest absolute Gasteiger partial charge is 0.245 e. The Labute approximate surface area is 103 Å². The molecule has 2 saturated heterocycles. The Bertz CT molecular complexity index is 313. The van der Waals surface area contributed by atoms with Gasteiger partial charge in [-0.15, -0.1) is 0 Å². The quantitative estimate of drug-likeness (QED) is 0.745. The van der Waals surface area contributed by atoms with Crippen molar-refractivity contribution < 1.29 is 9.59 Å². The van der Waals surface area contributed by atoms with Crippen LogP contribution in [0, 0.1) is 0 Å². The Morgan fingerprint density at radius 1 is 1.24 bits per heavy atom. The normalized spacial score (nSPS) is 25.5. The monoisotopic (exact) mass is 238 g/mol. The van der Waals surface area contributed by atoms with Gasteiger partial charge >= 0.3 is 0 Å². The van der Waals surface area contributed by atoms with E-state index in [0.29, 0.717) is 19.0 Å². The lowest BCUT2D eigenvalue weighted by Crippen LogP contribution is -2.47. The molecule has 2 aliphatic heterocycles. The third-order valence-corrected chi connectivity index (χ3v) is 4.09. The molecule has 0 aromatic heterocycles. The van der Waals surface area contributed by atoms with E-state index >= 15 is 0 Å². The van der Waals surface area contributed by atoms with Gasteiger partial charge in [-0.05, 0) is 25.7 Å². The number of hydrogen-bond donors (Lipinski definition) is 0. The highest BCUT2D eigenvalue weighted by atomic mass is 16.2. The highest BCUT2D eigenvalue weighted by molar-refractivity contribution is 5.90. The zero-order valence-corrected chi connectivity index (χ0v) is 10.8. The van der Waals surface area contributed by atoms with Gasteiger partial charge in [0.2, 0.25) is 11.8 Å². The molecule has 4 heteroatoms. The molecule has 4 nitrogen and oxygen atoms in total. The molecule has 0 radical (unpaired) electrons. The lowest BCUT2D eigenvalue weighted by atomic mass is 10.1. The zero-order chi connectivity index (χ0) is 12.4. The minimum atomic E-state index is -0.161. The van der Waals surface area contributed by atoms with E-state index in [9.17, 15) is 9.59 Å². The predicted molar refractivity (Wildman–Crippen MR) is 65.4 cm³/mol. The molecule has 0 aliphatic carbocycles. The van der Waals surface area contributed by atoms with Gasteiger partial charge in [-0.1, -0.05) is 13.8 Å². The third-order valence-electron chi connectivity index (χ3n) is 4.09. The van der Waals surface area contributed by atoms with Gasteiger partial charge in [-0.3, -0.25) is 9.59 Å². The summed E-state index contributed by atoms with van der Waals surface area (Å²) in [6, 6.07) is 0.140. The molecule has 0 spiro atoms. The van der Waals surface area contributed by atoms with Gasteiger partial charge in [-0.25, -0.2) is 0 Å². The zero-order valence-electron chi connectivity index (χ0n) is 10.8. The summed E-state index contributed by atoms with van der Waals surface area (Å²) >= 11 is 0. The van der Waals surface area contributed by atoms with Gasteiger partial charge in [0.05, 0.1) is 0 Å². The van der Waals surface area contributed by atoms with E-state index in [1.54, 1.807) is 4.90 Å². The van der Waals surface area contributed by atoms with Gasteiger partial charge in [0, 0.05) is 25.6 Å². The predicted octanol–water partition coefficient (Wildman–Crippen LogP) is 1.40. The lowest BCUT2D eigenvalue weighted by molar-refractivity contribution is -0.140. The summed E-state index contributed by atoms with van der Waals surface area (Å²) in [6.45, 7) is 5.60. The second-order valence-corrected chi connectivity index (χ2v) is 5.00. The molecule has 2 rings (SSSR count). The molecule has 17 heavy (non-hydrogen) atoms. The maximum absolute atomic E-state index is 12.5. The van der Waals surface area contributed by atoms with Gasteiger partial charge in [-0.2, -0.15) is 0 Å². The summed E-state index contributed by atoms with van der Waals surface area (Å²) in [4.78, 5) is 28.1. The molecule has 0 bridgehead atoms. The molecule has 2 aliphatic rings. The molecule has 1 unspecified atom stereocenters. The third kappa shape index (κ3) is 2.17. The van der Waals surface area contributed by atoms with Crippen LogP contribution in [0.1, 0.15) is 46.0 Å². The van der Waals surface area contributed by atoms with Crippen LogP contribution in [0.3, 0.4) is 0 Å². The molecule has 96 valence electrons. The van der Waals surface area contributed by atoms with E-state index in [-0.39, 0.29) is 17.9 Å². The van der Waals surface area contributed by atoms with Crippen LogP contribution < -0.4 is 0 Å². The second kappa shape index (κ2) is 5.07. The lowest BCUT2D eigenvalue weighted by Gasteiger charge is -2.31. The highest BCUT2D eigenvalue weighted by Crippen LogP contribution is 2.25. The molecule has 1 atom stereocenters. The van der Waals surface area contributed by atoms with Crippen molar-refractivity contribution in [2.75, 3.05) is 13.1 Å². The van der Waals surface area contributed by atoms with Crippen molar-refractivity contribution in [1.82, 2.24) is 9.80 Å². The van der Waals surface area contributed by atoms with Gasteiger partial charge in [0.1, 0.15) is 6.04 Å². The van der Waals surface area contributed by atoms with Crippen LogP contribution in [0.15, 0.2) is 0 Å². The van der Waals surface area contributed by atoms with E-state index in [1.165, 1.54) is 0 Å². The van der Waals surface area contributed by atoms with E-state index in [0.717, 1.165) is 32.2 Å². The van der Waals surface area contributed by atoms with Crippen LogP contribution >= 0.6 is 0 Å². The Hall–Kier alpha value is -1.06. The van der Waals surface area contributed by atoms with Crippen molar-refractivity contribution in [3.8, 4) is 0 Å². The fourth-order valence-corrected chi connectivity index (χ4v) is 3.08. The SMILES string of the molecule is CCC(CC)N1CCC(=O)N2CCCC2C1=O. The Morgan fingerprint density at radius 2 is 1.94 bits per heavy atom. The second-order valence-electron chi connectivity index (χ2n) is 5.00. The van der Waals surface area contributed by atoms with Crippen molar-refractivity contribution in [2.45, 2.75) is 58.0 Å². The Kier molecular flexibility index (Phi) is 3.69. The summed E-state index contributed by atoms with van der Waals surface area (Å²) in [5.41, 5.74) is 0. The van der Waals surface area contributed by atoms with Crippen LogP contribution in [-0.2, 0) is 9.59 Å². The summed E-state index contributed by atoms with van der Waals surface area (Å²) in [5.74, 6) is 0.344. The molecule has 0 aromatic carbocycles. The standard InChI is InChI=1S/C13H22N2O2/c1-3-10(4-2)14-9-7-12(16)15-8-5-6-11(15)13(14)17/h10-11H,3-9H2,1-2H3. The first kappa shape index (κ1) is 12.4.